The maximum atomic E-state index is 11.0. The van der Waals surface area contributed by atoms with Gasteiger partial charge in [0.05, 0.1) is 6.54 Å². The molecule has 0 unspecified atom stereocenters. The smallest absolute Gasteiger partial charge is 0.239 e. The van der Waals surface area contributed by atoms with E-state index in [1.54, 1.807) is 24.3 Å². The molecule has 0 radical (unpaired) electrons. The van der Waals surface area contributed by atoms with Crippen LogP contribution in [0.5, 0.6) is 0 Å². The molecule has 1 rings (SSSR count). The quantitative estimate of drug-likeness (QED) is 0.497. The van der Waals surface area contributed by atoms with Crippen LogP contribution in [0.2, 0.25) is 5.02 Å². The van der Waals surface area contributed by atoms with Gasteiger partial charge in [0.1, 0.15) is 0 Å². The minimum Gasteiger partial charge on any atom is -0.325 e. The van der Waals surface area contributed by atoms with Gasteiger partial charge >= 0.3 is 0 Å². The standard InChI is InChI=1S/C8H10ClN3O/c9-6-2-1-3-7(4-6)12-8(13)5-11-10/h1-4,11H,5,10H2,(H,12,13). The summed E-state index contributed by atoms with van der Waals surface area (Å²) in [5.74, 6) is 4.77. The molecule has 5 heteroatoms. The van der Waals surface area contributed by atoms with Crippen LogP contribution in [-0.2, 0) is 4.79 Å². The number of hydrogen-bond donors (Lipinski definition) is 3. The van der Waals surface area contributed by atoms with Gasteiger partial charge in [-0.15, -0.1) is 0 Å². The molecule has 4 N–H and O–H groups in total. The van der Waals surface area contributed by atoms with E-state index in [1.807, 2.05) is 0 Å². The van der Waals surface area contributed by atoms with Crippen molar-refractivity contribution in [3.8, 4) is 0 Å². The Morgan fingerprint density at radius 2 is 2.31 bits per heavy atom. The molecule has 1 aromatic carbocycles. The first-order valence-corrected chi connectivity index (χ1v) is 4.09. The third-order valence-corrected chi connectivity index (χ3v) is 1.61. The van der Waals surface area contributed by atoms with Crippen LogP contribution < -0.4 is 16.6 Å². The maximum Gasteiger partial charge on any atom is 0.239 e. The molecule has 0 aliphatic heterocycles. The highest BCUT2D eigenvalue weighted by atomic mass is 35.5. The van der Waals surface area contributed by atoms with Gasteiger partial charge in [0.2, 0.25) is 5.91 Å². The van der Waals surface area contributed by atoms with Gasteiger partial charge in [-0.1, -0.05) is 17.7 Å². The number of rotatable bonds is 3. The number of halogens is 1. The van der Waals surface area contributed by atoms with E-state index in [9.17, 15) is 4.79 Å². The van der Waals surface area contributed by atoms with Gasteiger partial charge < -0.3 is 5.32 Å². The van der Waals surface area contributed by atoms with E-state index in [4.69, 9.17) is 17.4 Å². The first kappa shape index (κ1) is 9.98. The van der Waals surface area contributed by atoms with Gasteiger partial charge in [-0.25, -0.2) is 0 Å². The zero-order valence-electron chi connectivity index (χ0n) is 6.88. The number of nitrogens with one attached hydrogen (secondary N) is 2. The second-order valence-corrected chi connectivity index (χ2v) is 2.88. The predicted octanol–water partition coefficient (Wildman–Crippen LogP) is 0.742. The molecule has 0 aliphatic carbocycles. The highest BCUT2D eigenvalue weighted by Crippen LogP contribution is 2.14. The van der Waals surface area contributed by atoms with Crippen LogP contribution in [0.15, 0.2) is 24.3 Å². The highest BCUT2D eigenvalue weighted by molar-refractivity contribution is 6.30. The number of amides is 1. The van der Waals surface area contributed by atoms with Crippen LogP contribution in [-0.4, -0.2) is 12.5 Å². The molecule has 1 aromatic rings. The molecule has 0 aromatic heterocycles. The Kier molecular flexibility index (Phi) is 3.70. The van der Waals surface area contributed by atoms with Crippen molar-refractivity contribution in [1.82, 2.24) is 5.43 Å². The molecule has 0 saturated heterocycles. The summed E-state index contributed by atoms with van der Waals surface area (Å²) in [7, 11) is 0. The summed E-state index contributed by atoms with van der Waals surface area (Å²) in [6.45, 7) is 0.0759. The fraction of sp³-hybridized carbons (Fsp3) is 0.125. The van der Waals surface area contributed by atoms with E-state index in [0.717, 1.165) is 0 Å². The average Bonchev–Trinajstić information content (AvgIpc) is 2.04. The third-order valence-electron chi connectivity index (χ3n) is 1.37. The number of nitrogens with two attached hydrogens (primary N) is 1. The average molecular weight is 200 g/mol. The van der Waals surface area contributed by atoms with E-state index >= 15 is 0 Å². The van der Waals surface area contributed by atoms with Crippen molar-refractivity contribution in [3.63, 3.8) is 0 Å². The van der Waals surface area contributed by atoms with E-state index in [1.165, 1.54) is 0 Å². The SMILES string of the molecule is NNCC(=O)Nc1cccc(Cl)c1. The Bertz CT molecular complexity index is 303. The lowest BCUT2D eigenvalue weighted by molar-refractivity contribution is -0.115. The topological polar surface area (TPSA) is 67.1 Å². The molecule has 0 atom stereocenters. The second kappa shape index (κ2) is 4.81. The monoisotopic (exact) mass is 199 g/mol. The molecule has 0 bridgehead atoms. The van der Waals surface area contributed by atoms with Gasteiger partial charge in [-0.05, 0) is 18.2 Å². The lowest BCUT2D eigenvalue weighted by Crippen LogP contribution is -2.32. The zero-order valence-corrected chi connectivity index (χ0v) is 7.64. The number of carbonyl (C=O) groups excluding carboxylic acids is 1. The largest absolute Gasteiger partial charge is 0.325 e. The van der Waals surface area contributed by atoms with Gasteiger partial charge in [-0.3, -0.25) is 16.1 Å². The minimum absolute atomic E-state index is 0.0759. The van der Waals surface area contributed by atoms with Gasteiger partial charge in [-0.2, -0.15) is 0 Å². The van der Waals surface area contributed by atoms with Crippen LogP contribution in [0.3, 0.4) is 0 Å². The van der Waals surface area contributed by atoms with Crippen molar-refractivity contribution in [1.29, 1.82) is 0 Å². The first-order valence-electron chi connectivity index (χ1n) is 3.71. The Balaban J connectivity index is 2.58. The summed E-state index contributed by atoms with van der Waals surface area (Å²) in [5.41, 5.74) is 2.92. The third kappa shape index (κ3) is 3.42. The molecule has 0 saturated carbocycles. The molecular weight excluding hydrogens is 190 g/mol. The van der Waals surface area contributed by atoms with Gasteiger partial charge in [0.15, 0.2) is 0 Å². The van der Waals surface area contributed by atoms with Crippen molar-refractivity contribution in [2.24, 2.45) is 5.84 Å². The molecule has 0 heterocycles. The molecule has 1 amide bonds. The Hall–Kier alpha value is -1.10. The fourth-order valence-corrected chi connectivity index (χ4v) is 1.05. The molecule has 13 heavy (non-hydrogen) atoms. The Morgan fingerprint density at radius 1 is 1.54 bits per heavy atom. The maximum absolute atomic E-state index is 11.0. The van der Waals surface area contributed by atoms with Crippen LogP contribution in [0.1, 0.15) is 0 Å². The van der Waals surface area contributed by atoms with Crippen molar-refractivity contribution in [3.05, 3.63) is 29.3 Å². The van der Waals surface area contributed by atoms with Crippen LogP contribution >= 0.6 is 11.6 Å². The molecule has 0 aliphatic rings. The van der Waals surface area contributed by atoms with E-state index < -0.39 is 0 Å². The lowest BCUT2D eigenvalue weighted by Gasteiger charge is -2.03. The molecule has 4 nitrogen and oxygen atoms in total. The van der Waals surface area contributed by atoms with E-state index in [0.29, 0.717) is 10.7 Å². The van der Waals surface area contributed by atoms with E-state index in [-0.39, 0.29) is 12.5 Å². The molecule has 0 fully saturated rings. The number of hydrogen-bond acceptors (Lipinski definition) is 3. The molecule has 0 spiro atoms. The Morgan fingerprint density at radius 3 is 2.92 bits per heavy atom. The van der Waals surface area contributed by atoms with Crippen LogP contribution in [0.4, 0.5) is 5.69 Å². The Labute approximate surface area is 81.0 Å². The summed E-state index contributed by atoms with van der Waals surface area (Å²) >= 11 is 5.71. The molecule has 70 valence electrons. The van der Waals surface area contributed by atoms with Crippen molar-refractivity contribution >= 4 is 23.2 Å². The summed E-state index contributed by atoms with van der Waals surface area (Å²) in [6, 6.07) is 6.91. The summed E-state index contributed by atoms with van der Waals surface area (Å²) in [4.78, 5) is 11.0. The fourth-order valence-electron chi connectivity index (χ4n) is 0.864. The van der Waals surface area contributed by atoms with Crippen molar-refractivity contribution < 1.29 is 4.79 Å². The summed E-state index contributed by atoms with van der Waals surface area (Å²) in [5, 5.41) is 3.20. The van der Waals surface area contributed by atoms with Gasteiger partial charge in [0.25, 0.3) is 0 Å². The minimum atomic E-state index is -0.204. The van der Waals surface area contributed by atoms with Crippen LogP contribution in [0.25, 0.3) is 0 Å². The highest BCUT2D eigenvalue weighted by Gasteiger charge is 1.99. The predicted molar refractivity (Wildman–Crippen MR) is 52.3 cm³/mol. The van der Waals surface area contributed by atoms with Crippen LogP contribution in [0, 0.1) is 0 Å². The second-order valence-electron chi connectivity index (χ2n) is 2.44. The number of benzene rings is 1. The van der Waals surface area contributed by atoms with E-state index in [2.05, 4.69) is 10.7 Å². The summed E-state index contributed by atoms with van der Waals surface area (Å²) in [6.07, 6.45) is 0. The number of anilines is 1. The number of carbonyl (C=O) groups is 1. The zero-order chi connectivity index (χ0) is 9.68. The normalized spacial score (nSPS) is 9.69. The van der Waals surface area contributed by atoms with Crippen molar-refractivity contribution in [2.75, 3.05) is 11.9 Å². The first-order chi connectivity index (χ1) is 6.22. The molecular formula is C8H10ClN3O. The number of hydrazine groups is 1. The van der Waals surface area contributed by atoms with Crippen molar-refractivity contribution in [2.45, 2.75) is 0 Å². The van der Waals surface area contributed by atoms with Gasteiger partial charge in [0, 0.05) is 10.7 Å². The lowest BCUT2D eigenvalue weighted by atomic mass is 10.3. The summed E-state index contributed by atoms with van der Waals surface area (Å²) < 4.78 is 0.